The summed E-state index contributed by atoms with van der Waals surface area (Å²) >= 11 is 1.45. The maximum Gasteiger partial charge on any atom is 0.387 e. The average Bonchev–Trinajstić information content (AvgIpc) is 3.67. The molecule has 3 aliphatic rings. The molecule has 2 bridgehead atoms. The molecule has 3 atom stereocenters. The van der Waals surface area contributed by atoms with Crippen LogP contribution >= 0.6 is 11.3 Å². The molecule has 2 saturated heterocycles. The van der Waals surface area contributed by atoms with Crippen LogP contribution < -0.4 is 14.4 Å². The lowest BCUT2D eigenvalue weighted by molar-refractivity contribution is -0.0499. The summed E-state index contributed by atoms with van der Waals surface area (Å²) < 4.78 is 43.2. The zero-order valence-electron chi connectivity index (χ0n) is 22.9. The van der Waals surface area contributed by atoms with Crippen molar-refractivity contribution in [3.63, 3.8) is 0 Å². The van der Waals surface area contributed by atoms with Gasteiger partial charge in [0.05, 0.1) is 35.8 Å². The number of rotatable bonds is 11. The minimum Gasteiger partial charge on any atom is -0.512 e. The summed E-state index contributed by atoms with van der Waals surface area (Å²) in [5.74, 6) is -0.690. The number of carboxylic acids is 1. The maximum atomic E-state index is 13.0. The number of aliphatic hydroxyl groups is 1. The fourth-order valence-corrected chi connectivity index (χ4v) is 7.23. The molecule has 222 valence electrons. The van der Waals surface area contributed by atoms with Crippen LogP contribution in [0.15, 0.2) is 47.7 Å². The number of aromatic nitrogens is 1. The van der Waals surface area contributed by atoms with E-state index in [-0.39, 0.29) is 59.1 Å². The largest absolute Gasteiger partial charge is 0.512 e. The van der Waals surface area contributed by atoms with Crippen molar-refractivity contribution >= 4 is 38.4 Å². The van der Waals surface area contributed by atoms with Crippen molar-refractivity contribution in [3.05, 3.63) is 58.9 Å². The molecule has 2 aromatic carbocycles. The van der Waals surface area contributed by atoms with Crippen molar-refractivity contribution in [2.75, 3.05) is 18.6 Å². The summed E-state index contributed by atoms with van der Waals surface area (Å²) in [4.78, 5) is 18.7. The van der Waals surface area contributed by atoms with E-state index in [1.165, 1.54) is 36.6 Å². The van der Waals surface area contributed by atoms with Gasteiger partial charge in [-0.3, -0.25) is 5.41 Å². The maximum absolute atomic E-state index is 13.0. The number of halogens is 2. The van der Waals surface area contributed by atoms with E-state index in [1.54, 1.807) is 18.2 Å². The number of hydrogen-bond acceptors (Lipinski definition) is 9. The third kappa shape index (κ3) is 5.52. The summed E-state index contributed by atoms with van der Waals surface area (Å²) in [6, 6.07) is 9.57. The molecule has 0 spiro atoms. The number of fused-ring (bicyclic) bond motifs is 3. The molecule has 6 rings (SSSR count). The Balaban J connectivity index is 1.19. The van der Waals surface area contributed by atoms with Gasteiger partial charge in [0, 0.05) is 29.1 Å². The second kappa shape index (κ2) is 11.5. The number of para-hydroxylation sites is 1. The molecule has 1 saturated carbocycles. The van der Waals surface area contributed by atoms with Gasteiger partial charge in [-0.05, 0) is 62.8 Å². The van der Waals surface area contributed by atoms with E-state index in [9.17, 15) is 23.8 Å². The van der Waals surface area contributed by atoms with Gasteiger partial charge in [-0.25, -0.2) is 9.78 Å². The fraction of sp³-hybridized carbons (Fsp3) is 0.433. The molecule has 0 radical (unpaired) electrons. The molecule has 3 fully saturated rings. The number of aromatic carboxylic acids is 1. The number of aliphatic hydroxyl groups excluding tert-OH is 1. The Bertz CT molecular complexity index is 1540. The highest BCUT2D eigenvalue weighted by atomic mass is 32.1. The summed E-state index contributed by atoms with van der Waals surface area (Å²) in [6.07, 6.45) is 4.86. The van der Waals surface area contributed by atoms with E-state index >= 15 is 0 Å². The molecule has 1 aliphatic carbocycles. The topological polar surface area (TPSA) is 125 Å². The molecule has 3 heterocycles. The minimum atomic E-state index is -3.03. The fourth-order valence-electron chi connectivity index (χ4n) is 6.07. The molecule has 42 heavy (non-hydrogen) atoms. The van der Waals surface area contributed by atoms with Gasteiger partial charge in [-0.1, -0.05) is 23.5 Å². The Morgan fingerprint density at radius 2 is 1.83 bits per heavy atom. The summed E-state index contributed by atoms with van der Waals surface area (Å²) in [5.41, 5.74) is 1.18. The van der Waals surface area contributed by atoms with Gasteiger partial charge in [0.2, 0.25) is 0 Å². The Labute approximate surface area is 244 Å². The van der Waals surface area contributed by atoms with Crippen molar-refractivity contribution in [2.24, 2.45) is 5.92 Å². The van der Waals surface area contributed by atoms with E-state index in [1.807, 2.05) is 0 Å². The third-order valence-electron chi connectivity index (χ3n) is 8.24. The number of hydrogen-bond donors (Lipinski definition) is 3. The van der Waals surface area contributed by atoms with Crippen molar-refractivity contribution < 1.29 is 38.0 Å². The summed E-state index contributed by atoms with van der Waals surface area (Å²) in [5, 5.41) is 30.1. The predicted octanol–water partition coefficient (Wildman–Crippen LogP) is 6.41. The standard InChI is InChI=1S/C30H31F2N3O6S/c1-39-23-10-16(28(37)38)11-24-26(23)34-30(42-24)35-17-8-9-18(35)13-19(12-17)40-14-21(27(36)15-6-7-15)25(33)20-4-2-3-5-22(20)41-29(31)32/h2-5,10-11,15,17-19,29,33,36H,6-9,12-14H2,1H3,(H,37,38)/b27-21-,33-25?/t17-,18?,19?/m0/s1. The predicted molar refractivity (Wildman–Crippen MR) is 154 cm³/mol. The number of alkyl halides is 2. The number of ether oxygens (including phenoxy) is 3. The molecule has 0 amide bonds. The average molecular weight is 600 g/mol. The Kier molecular flexibility index (Phi) is 7.75. The number of piperidine rings is 1. The molecular weight excluding hydrogens is 568 g/mol. The molecule has 2 aliphatic heterocycles. The molecule has 3 aromatic rings. The number of thiazole rings is 1. The lowest BCUT2D eigenvalue weighted by Gasteiger charge is -2.38. The SMILES string of the molecule is COc1cc(C(=O)O)cc2sc(N3C4CC[C@H]3CC(OC/C(C(=N)c3ccccc3OC(F)F)=C(/O)C3CC3)C4)nc12. The molecule has 2 unspecified atom stereocenters. The van der Waals surface area contributed by atoms with E-state index < -0.39 is 12.6 Å². The smallest absolute Gasteiger partial charge is 0.387 e. The monoisotopic (exact) mass is 599 g/mol. The van der Waals surface area contributed by atoms with Gasteiger partial charge in [0.15, 0.2) is 5.13 Å². The van der Waals surface area contributed by atoms with Gasteiger partial charge in [0.25, 0.3) is 0 Å². The number of methoxy groups -OCH3 is 1. The van der Waals surface area contributed by atoms with Crippen molar-refractivity contribution in [2.45, 2.75) is 63.3 Å². The Hall–Kier alpha value is -3.77. The van der Waals surface area contributed by atoms with Crippen LogP contribution in [0.5, 0.6) is 11.5 Å². The van der Waals surface area contributed by atoms with Gasteiger partial charge >= 0.3 is 12.6 Å². The minimum absolute atomic E-state index is 0.00934. The lowest BCUT2D eigenvalue weighted by atomic mass is 9.98. The lowest BCUT2D eigenvalue weighted by Crippen LogP contribution is -2.45. The summed E-state index contributed by atoms with van der Waals surface area (Å²) in [6.45, 7) is -3.04. The van der Waals surface area contributed by atoms with Crippen LogP contribution in [-0.2, 0) is 4.74 Å². The first kappa shape index (κ1) is 28.4. The van der Waals surface area contributed by atoms with Gasteiger partial charge in [-0.2, -0.15) is 8.78 Å². The Morgan fingerprint density at radius 1 is 1.12 bits per heavy atom. The van der Waals surface area contributed by atoms with Gasteiger partial charge in [-0.15, -0.1) is 0 Å². The highest BCUT2D eigenvalue weighted by molar-refractivity contribution is 7.22. The van der Waals surface area contributed by atoms with Crippen LogP contribution in [0.1, 0.15) is 54.4 Å². The third-order valence-corrected chi connectivity index (χ3v) is 9.25. The van der Waals surface area contributed by atoms with Crippen LogP contribution in [0.4, 0.5) is 13.9 Å². The van der Waals surface area contributed by atoms with E-state index in [0.29, 0.717) is 16.8 Å². The highest BCUT2D eigenvalue weighted by Gasteiger charge is 2.43. The summed E-state index contributed by atoms with van der Waals surface area (Å²) in [7, 11) is 1.50. The molecule has 9 nitrogen and oxygen atoms in total. The van der Waals surface area contributed by atoms with Crippen LogP contribution in [0.3, 0.4) is 0 Å². The van der Waals surface area contributed by atoms with Gasteiger partial charge < -0.3 is 29.3 Å². The number of carbonyl (C=O) groups is 1. The normalized spacial score (nSPS) is 22.4. The first-order valence-electron chi connectivity index (χ1n) is 13.9. The van der Waals surface area contributed by atoms with Crippen LogP contribution in [0, 0.1) is 11.3 Å². The van der Waals surface area contributed by atoms with E-state index in [4.69, 9.17) is 19.9 Å². The number of carboxylic acid groups (broad SMARTS) is 1. The number of benzene rings is 2. The quantitative estimate of drug-likeness (QED) is 0.171. The van der Waals surface area contributed by atoms with Crippen LogP contribution in [0.25, 0.3) is 10.2 Å². The zero-order chi connectivity index (χ0) is 29.5. The van der Waals surface area contributed by atoms with E-state index in [0.717, 1.165) is 48.4 Å². The van der Waals surface area contributed by atoms with Crippen LogP contribution in [-0.4, -0.2) is 65.4 Å². The van der Waals surface area contributed by atoms with E-state index in [2.05, 4.69) is 9.64 Å². The van der Waals surface area contributed by atoms with Gasteiger partial charge in [0.1, 0.15) is 22.8 Å². The molecule has 12 heteroatoms. The highest BCUT2D eigenvalue weighted by Crippen LogP contribution is 2.45. The number of nitrogens with zero attached hydrogens (tertiary/aromatic N) is 2. The molecule has 3 N–H and O–H groups in total. The molecular formula is C30H31F2N3O6S. The van der Waals surface area contributed by atoms with Crippen LogP contribution in [0.2, 0.25) is 0 Å². The number of anilines is 1. The Morgan fingerprint density at radius 3 is 2.48 bits per heavy atom. The number of allylic oxidation sites excluding steroid dienone is 1. The second-order valence-corrected chi connectivity index (χ2v) is 11.9. The number of nitrogens with one attached hydrogen (secondary N) is 1. The van der Waals surface area contributed by atoms with Crippen molar-refractivity contribution in [1.82, 2.24) is 4.98 Å². The second-order valence-electron chi connectivity index (χ2n) is 10.9. The first-order valence-corrected chi connectivity index (χ1v) is 14.7. The first-order chi connectivity index (χ1) is 20.2. The van der Waals surface area contributed by atoms with Crippen molar-refractivity contribution in [1.29, 1.82) is 5.41 Å². The molecule has 1 aromatic heterocycles. The van der Waals surface area contributed by atoms with Crippen molar-refractivity contribution in [3.8, 4) is 11.5 Å². The zero-order valence-corrected chi connectivity index (χ0v) is 23.7.